The Hall–Kier alpha value is -3.26. The van der Waals surface area contributed by atoms with Crippen LogP contribution in [-0.4, -0.2) is 0 Å². The molecule has 0 N–H and O–H groups in total. The van der Waals surface area contributed by atoms with Crippen LogP contribution in [0, 0.1) is 6.92 Å². The minimum atomic E-state index is 0.920. The molecular weight excluding hydrogens is 308 g/mol. The van der Waals surface area contributed by atoms with Crippen molar-refractivity contribution in [2.75, 3.05) is 0 Å². The summed E-state index contributed by atoms with van der Waals surface area (Å²) in [6, 6.07) is 23.0. The Labute approximate surface area is 143 Å². The van der Waals surface area contributed by atoms with Crippen molar-refractivity contribution in [2.24, 2.45) is 0 Å². The number of benzene rings is 4. The van der Waals surface area contributed by atoms with Gasteiger partial charge in [0.2, 0.25) is 0 Å². The van der Waals surface area contributed by atoms with Crippen LogP contribution in [0.3, 0.4) is 0 Å². The zero-order valence-electron chi connectivity index (χ0n) is 13.7. The third kappa shape index (κ3) is 1.59. The van der Waals surface area contributed by atoms with Crippen LogP contribution in [0.15, 0.2) is 75.6 Å². The number of hydrogen-bond acceptors (Lipinski definition) is 2. The highest BCUT2D eigenvalue weighted by Gasteiger charge is 2.17. The number of furan rings is 2. The molecule has 2 nitrogen and oxygen atoms in total. The molecule has 0 radical (unpaired) electrons. The van der Waals surface area contributed by atoms with E-state index in [1.807, 2.05) is 12.1 Å². The van der Waals surface area contributed by atoms with E-state index in [4.69, 9.17) is 8.83 Å². The van der Waals surface area contributed by atoms with Crippen molar-refractivity contribution in [1.29, 1.82) is 0 Å². The second-order valence-electron chi connectivity index (χ2n) is 6.63. The molecule has 4 aromatic carbocycles. The van der Waals surface area contributed by atoms with Gasteiger partial charge in [-0.2, -0.15) is 0 Å². The molecule has 0 unspecified atom stereocenters. The van der Waals surface area contributed by atoms with Crippen LogP contribution >= 0.6 is 0 Å². The summed E-state index contributed by atoms with van der Waals surface area (Å²) in [5, 5.41) is 7.08. The Kier molecular flexibility index (Phi) is 2.31. The average molecular weight is 322 g/mol. The normalized spacial score (nSPS) is 12.2. The molecule has 118 valence electrons. The van der Waals surface area contributed by atoms with Crippen LogP contribution in [-0.2, 0) is 0 Å². The van der Waals surface area contributed by atoms with Crippen LogP contribution in [0.2, 0.25) is 0 Å². The van der Waals surface area contributed by atoms with E-state index in [1.54, 1.807) is 0 Å². The third-order valence-corrected chi connectivity index (χ3v) is 5.18. The SMILES string of the molecule is Cc1cccc2c1oc1ccc3ccc4oc5ccccc5c4c3c12. The molecule has 0 fully saturated rings. The van der Waals surface area contributed by atoms with Crippen molar-refractivity contribution in [3.63, 3.8) is 0 Å². The lowest BCUT2D eigenvalue weighted by molar-refractivity contribution is 0.666. The standard InChI is InChI=1S/C23H14O2/c1-13-5-4-7-16-22-19(25-23(13)16)12-10-14-9-11-18-21(20(14)22)15-6-2-3-8-17(15)24-18/h2-12H,1H3. The van der Waals surface area contributed by atoms with E-state index in [0.29, 0.717) is 0 Å². The molecule has 0 spiro atoms. The smallest absolute Gasteiger partial charge is 0.138 e. The Morgan fingerprint density at radius 2 is 1.28 bits per heavy atom. The van der Waals surface area contributed by atoms with Crippen LogP contribution in [0.25, 0.3) is 54.6 Å². The van der Waals surface area contributed by atoms with Gasteiger partial charge in [-0.3, -0.25) is 0 Å². The fraction of sp³-hybridized carbons (Fsp3) is 0.0435. The molecule has 0 atom stereocenters. The highest BCUT2D eigenvalue weighted by atomic mass is 16.3. The Balaban J connectivity index is 2.01. The monoisotopic (exact) mass is 322 g/mol. The van der Waals surface area contributed by atoms with Crippen molar-refractivity contribution < 1.29 is 8.83 Å². The summed E-state index contributed by atoms with van der Waals surface area (Å²) < 4.78 is 12.3. The summed E-state index contributed by atoms with van der Waals surface area (Å²) in [6.45, 7) is 2.09. The van der Waals surface area contributed by atoms with Gasteiger partial charge < -0.3 is 8.83 Å². The average Bonchev–Trinajstić information content (AvgIpc) is 3.20. The molecule has 2 heterocycles. The maximum absolute atomic E-state index is 6.20. The molecule has 2 heteroatoms. The zero-order valence-corrected chi connectivity index (χ0v) is 13.7. The maximum Gasteiger partial charge on any atom is 0.138 e. The van der Waals surface area contributed by atoms with E-state index in [9.17, 15) is 0 Å². The first kappa shape index (κ1) is 13.1. The quantitative estimate of drug-likeness (QED) is 0.302. The van der Waals surface area contributed by atoms with Crippen LogP contribution in [0.5, 0.6) is 0 Å². The van der Waals surface area contributed by atoms with Gasteiger partial charge in [0.15, 0.2) is 0 Å². The second kappa shape index (κ2) is 4.42. The van der Waals surface area contributed by atoms with Crippen molar-refractivity contribution in [3.8, 4) is 0 Å². The Bertz CT molecular complexity index is 1450. The van der Waals surface area contributed by atoms with Gasteiger partial charge in [0, 0.05) is 26.9 Å². The van der Waals surface area contributed by atoms with E-state index in [-0.39, 0.29) is 0 Å². The lowest BCUT2D eigenvalue weighted by Crippen LogP contribution is -1.77. The summed E-state index contributed by atoms with van der Waals surface area (Å²) in [5.41, 5.74) is 4.89. The van der Waals surface area contributed by atoms with E-state index < -0.39 is 0 Å². The summed E-state index contributed by atoms with van der Waals surface area (Å²) in [7, 11) is 0. The van der Waals surface area contributed by atoms with Crippen LogP contribution in [0.4, 0.5) is 0 Å². The third-order valence-electron chi connectivity index (χ3n) is 5.18. The van der Waals surface area contributed by atoms with Crippen LogP contribution < -0.4 is 0 Å². The minimum Gasteiger partial charge on any atom is -0.456 e. The zero-order chi connectivity index (χ0) is 16.5. The first-order valence-electron chi connectivity index (χ1n) is 8.46. The van der Waals surface area contributed by atoms with Gasteiger partial charge in [-0.05, 0) is 36.1 Å². The topological polar surface area (TPSA) is 26.3 Å². The molecule has 0 aliphatic rings. The largest absolute Gasteiger partial charge is 0.456 e. The molecule has 0 aliphatic heterocycles. The van der Waals surface area contributed by atoms with E-state index >= 15 is 0 Å². The first-order chi connectivity index (χ1) is 12.3. The first-order valence-corrected chi connectivity index (χ1v) is 8.46. The molecule has 25 heavy (non-hydrogen) atoms. The van der Waals surface area contributed by atoms with Gasteiger partial charge in [-0.1, -0.05) is 48.5 Å². The molecule has 0 amide bonds. The molecule has 0 bridgehead atoms. The second-order valence-corrected chi connectivity index (χ2v) is 6.63. The summed E-state index contributed by atoms with van der Waals surface area (Å²) >= 11 is 0. The van der Waals surface area contributed by atoms with Crippen LogP contribution in [0.1, 0.15) is 5.56 Å². The molecular formula is C23H14O2. The summed E-state index contributed by atoms with van der Waals surface area (Å²) in [5.74, 6) is 0. The summed E-state index contributed by atoms with van der Waals surface area (Å²) in [4.78, 5) is 0. The number of rotatable bonds is 0. The predicted octanol–water partition coefficient (Wildman–Crippen LogP) is 6.95. The maximum atomic E-state index is 6.20. The molecule has 0 saturated carbocycles. The van der Waals surface area contributed by atoms with Crippen molar-refractivity contribution in [2.45, 2.75) is 6.92 Å². The Morgan fingerprint density at radius 1 is 0.560 bits per heavy atom. The van der Waals surface area contributed by atoms with Crippen molar-refractivity contribution >= 4 is 54.6 Å². The number of fused-ring (bicyclic) bond motifs is 9. The number of aryl methyl sites for hydroxylation is 1. The van der Waals surface area contributed by atoms with Crippen molar-refractivity contribution in [1.82, 2.24) is 0 Å². The van der Waals surface area contributed by atoms with E-state index in [2.05, 4.69) is 61.5 Å². The molecule has 2 aromatic heterocycles. The molecule has 0 saturated heterocycles. The summed E-state index contributed by atoms with van der Waals surface area (Å²) in [6.07, 6.45) is 0. The number of hydrogen-bond donors (Lipinski definition) is 0. The predicted molar refractivity (Wildman–Crippen MR) is 103 cm³/mol. The Morgan fingerprint density at radius 3 is 2.16 bits per heavy atom. The lowest BCUT2D eigenvalue weighted by Gasteiger charge is -2.02. The van der Waals surface area contributed by atoms with Gasteiger partial charge in [0.05, 0.1) is 0 Å². The van der Waals surface area contributed by atoms with Gasteiger partial charge >= 0.3 is 0 Å². The van der Waals surface area contributed by atoms with Gasteiger partial charge in [-0.15, -0.1) is 0 Å². The molecule has 6 aromatic rings. The highest BCUT2D eigenvalue weighted by molar-refractivity contribution is 6.30. The fourth-order valence-corrected chi connectivity index (χ4v) is 4.06. The number of para-hydroxylation sites is 2. The van der Waals surface area contributed by atoms with Gasteiger partial charge in [0.25, 0.3) is 0 Å². The lowest BCUT2D eigenvalue weighted by atomic mass is 9.98. The fourth-order valence-electron chi connectivity index (χ4n) is 4.06. The van der Waals surface area contributed by atoms with Crippen molar-refractivity contribution in [3.05, 3.63) is 72.3 Å². The van der Waals surface area contributed by atoms with E-state index in [0.717, 1.165) is 33.3 Å². The van der Waals surface area contributed by atoms with E-state index in [1.165, 1.54) is 26.9 Å². The molecule has 0 aliphatic carbocycles. The minimum absolute atomic E-state index is 0.920. The highest BCUT2D eigenvalue weighted by Crippen LogP contribution is 2.42. The van der Waals surface area contributed by atoms with Gasteiger partial charge in [-0.25, -0.2) is 0 Å². The molecule has 6 rings (SSSR count). The van der Waals surface area contributed by atoms with Gasteiger partial charge in [0.1, 0.15) is 22.3 Å².